The molecule has 0 saturated carbocycles. The van der Waals surface area contributed by atoms with E-state index in [4.69, 9.17) is 0 Å². The molecule has 1 heterocycles. The van der Waals surface area contributed by atoms with Crippen LogP contribution in [0.1, 0.15) is 24.3 Å². The van der Waals surface area contributed by atoms with Crippen molar-refractivity contribution in [2.75, 3.05) is 11.9 Å². The molecule has 0 radical (unpaired) electrons. The van der Waals surface area contributed by atoms with Crippen LogP contribution in [0.4, 0.5) is 5.95 Å². The van der Waals surface area contributed by atoms with Crippen LogP contribution in [0.25, 0.3) is 0 Å². The van der Waals surface area contributed by atoms with Crippen molar-refractivity contribution in [1.82, 2.24) is 9.97 Å². The number of hydrogen-bond donors (Lipinski definition) is 2. The second-order valence-electron chi connectivity index (χ2n) is 3.36. The van der Waals surface area contributed by atoms with Crippen molar-refractivity contribution in [2.24, 2.45) is 0 Å². The smallest absolute Gasteiger partial charge is 0.303 e. The van der Waals surface area contributed by atoms with Gasteiger partial charge in [0.05, 0.1) is 0 Å². The molecule has 0 atom stereocenters. The topological polar surface area (TPSA) is 118 Å². The Hall–Kier alpha value is -2.51. The molecule has 0 aromatic carbocycles. The predicted molar refractivity (Wildman–Crippen MR) is 60.1 cm³/mol. The number of nitrogens with one attached hydrogen (secondary N) is 2. The van der Waals surface area contributed by atoms with Crippen LogP contribution in [0.15, 0.2) is 10.9 Å². The molecule has 0 saturated heterocycles. The van der Waals surface area contributed by atoms with Crippen molar-refractivity contribution in [1.29, 1.82) is 0 Å². The van der Waals surface area contributed by atoms with E-state index in [2.05, 4.69) is 20.0 Å². The number of aromatic nitrogens is 2. The van der Waals surface area contributed by atoms with E-state index < -0.39 is 29.8 Å². The van der Waals surface area contributed by atoms with Gasteiger partial charge in [0.2, 0.25) is 17.6 Å². The van der Waals surface area contributed by atoms with Crippen LogP contribution in [0, 0.1) is 0 Å². The molecule has 0 aliphatic carbocycles. The summed E-state index contributed by atoms with van der Waals surface area (Å²) in [4.78, 5) is 50.1. The fourth-order valence-electron chi connectivity index (χ4n) is 1.07. The van der Waals surface area contributed by atoms with Gasteiger partial charge in [-0.15, -0.1) is 0 Å². The van der Waals surface area contributed by atoms with E-state index in [0.29, 0.717) is 0 Å². The average molecular weight is 253 g/mol. The molecule has 2 N–H and O–H groups in total. The number of carbonyl (C=O) groups excluding carboxylic acids is 3. The van der Waals surface area contributed by atoms with Crippen molar-refractivity contribution in [3.8, 4) is 0 Å². The maximum atomic E-state index is 11.5. The number of anilines is 1. The molecule has 1 amide bonds. The van der Waals surface area contributed by atoms with Crippen LogP contribution in [0.5, 0.6) is 0 Å². The van der Waals surface area contributed by atoms with Crippen molar-refractivity contribution in [2.45, 2.75) is 13.8 Å². The summed E-state index contributed by atoms with van der Waals surface area (Å²) in [6.07, 6.45) is 0. The van der Waals surface area contributed by atoms with Gasteiger partial charge >= 0.3 is 5.97 Å². The molecule has 18 heavy (non-hydrogen) atoms. The molecule has 0 unspecified atom stereocenters. The molecule has 1 rings (SSSR count). The van der Waals surface area contributed by atoms with Crippen LogP contribution in [0.2, 0.25) is 0 Å². The third-order valence-electron chi connectivity index (χ3n) is 1.73. The van der Waals surface area contributed by atoms with E-state index in [1.54, 1.807) is 0 Å². The number of rotatable bonds is 4. The van der Waals surface area contributed by atoms with Gasteiger partial charge in [-0.1, -0.05) is 0 Å². The Labute approximate surface area is 101 Å². The maximum Gasteiger partial charge on any atom is 0.303 e. The normalized spacial score (nSPS) is 9.67. The van der Waals surface area contributed by atoms with Gasteiger partial charge in [-0.05, 0) is 0 Å². The van der Waals surface area contributed by atoms with Crippen molar-refractivity contribution in [3.63, 3.8) is 0 Å². The zero-order valence-corrected chi connectivity index (χ0v) is 9.77. The Morgan fingerprint density at radius 1 is 1.39 bits per heavy atom. The lowest BCUT2D eigenvalue weighted by Crippen LogP contribution is -2.21. The standard InChI is InChI=1S/C10H11N3O5/c1-5(14)11-10-12-7(3-9(17)13-10)8(16)4-18-6(2)15/h3H,4H2,1-2H3,(H2,11,12,13,14,17). The molecule has 0 aliphatic heterocycles. The number of esters is 1. The molecule has 1 aromatic heterocycles. The number of H-pyrrole nitrogens is 1. The van der Waals surface area contributed by atoms with Gasteiger partial charge in [0.1, 0.15) is 5.69 Å². The molecular weight excluding hydrogens is 242 g/mol. The lowest BCUT2D eigenvalue weighted by Gasteiger charge is -2.04. The number of hydrogen-bond acceptors (Lipinski definition) is 6. The molecule has 1 aromatic rings. The van der Waals surface area contributed by atoms with E-state index >= 15 is 0 Å². The third-order valence-corrected chi connectivity index (χ3v) is 1.73. The van der Waals surface area contributed by atoms with Gasteiger partial charge < -0.3 is 4.74 Å². The monoisotopic (exact) mass is 253 g/mol. The first-order chi connectivity index (χ1) is 8.38. The minimum Gasteiger partial charge on any atom is -0.457 e. The minimum absolute atomic E-state index is 0.138. The van der Waals surface area contributed by atoms with E-state index in [1.165, 1.54) is 6.92 Å². The molecule has 0 spiro atoms. The quantitative estimate of drug-likeness (QED) is 0.550. The fraction of sp³-hybridized carbons (Fsp3) is 0.300. The number of ketones is 1. The number of amides is 1. The summed E-state index contributed by atoms with van der Waals surface area (Å²) < 4.78 is 4.49. The van der Waals surface area contributed by atoms with Gasteiger partial charge in [-0.3, -0.25) is 29.5 Å². The zero-order chi connectivity index (χ0) is 13.7. The Balaban J connectivity index is 2.91. The lowest BCUT2D eigenvalue weighted by molar-refractivity contribution is -0.139. The first kappa shape index (κ1) is 13.6. The molecule has 0 fully saturated rings. The average Bonchev–Trinajstić information content (AvgIpc) is 2.23. The van der Waals surface area contributed by atoms with Crippen LogP contribution in [-0.4, -0.2) is 34.2 Å². The molecule has 8 nitrogen and oxygen atoms in total. The van der Waals surface area contributed by atoms with Crippen LogP contribution < -0.4 is 10.9 Å². The summed E-state index contributed by atoms with van der Waals surface area (Å²) in [5, 5.41) is 2.24. The van der Waals surface area contributed by atoms with Crippen LogP contribution in [-0.2, 0) is 14.3 Å². The highest BCUT2D eigenvalue weighted by Crippen LogP contribution is 1.99. The first-order valence-corrected chi connectivity index (χ1v) is 4.94. The van der Waals surface area contributed by atoms with Gasteiger partial charge in [-0.2, -0.15) is 0 Å². The van der Waals surface area contributed by atoms with Gasteiger partial charge in [0, 0.05) is 19.9 Å². The summed E-state index contributed by atoms with van der Waals surface area (Å²) in [5.41, 5.74) is -0.788. The molecular formula is C10H11N3O5. The summed E-state index contributed by atoms with van der Waals surface area (Å²) in [7, 11) is 0. The van der Waals surface area contributed by atoms with Crippen LogP contribution in [0.3, 0.4) is 0 Å². The summed E-state index contributed by atoms with van der Waals surface area (Å²) >= 11 is 0. The highest BCUT2D eigenvalue weighted by molar-refractivity contribution is 5.96. The largest absolute Gasteiger partial charge is 0.457 e. The van der Waals surface area contributed by atoms with Gasteiger partial charge in [0.25, 0.3) is 5.56 Å². The number of carbonyl (C=O) groups is 3. The number of aromatic amines is 1. The maximum absolute atomic E-state index is 11.5. The summed E-state index contributed by atoms with van der Waals surface area (Å²) in [5.74, 6) is -1.83. The fourth-order valence-corrected chi connectivity index (χ4v) is 1.07. The highest BCUT2D eigenvalue weighted by Gasteiger charge is 2.12. The van der Waals surface area contributed by atoms with Crippen molar-refractivity contribution in [3.05, 3.63) is 22.1 Å². The Kier molecular flexibility index (Phi) is 4.30. The Morgan fingerprint density at radius 2 is 2.06 bits per heavy atom. The van der Waals surface area contributed by atoms with Crippen molar-refractivity contribution >= 4 is 23.6 Å². The Morgan fingerprint density at radius 3 is 2.61 bits per heavy atom. The Bertz CT molecular complexity index is 549. The SMILES string of the molecule is CC(=O)Nc1nc(C(=O)COC(C)=O)cc(=O)[nH]1. The minimum atomic E-state index is -0.636. The van der Waals surface area contributed by atoms with E-state index in [9.17, 15) is 19.2 Å². The van der Waals surface area contributed by atoms with E-state index in [-0.39, 0.29) is 11.6 Å². The third kappa shape index (κ3) is 4.16. The predicted octanol–water partition coefficient (Wildman–Crippen LogP) is -0.526. The second-order valence-corrected chi connectivity index (χ2v) is 3.36. The highest BCUT2D eigenvalue weighted by atomic mass is 16.5. The first-order valence-electron chi connectivity index (χ1n) is 4.94. The van der Waals surface area contributed by atoms with E-state index in [0.717, 1.165) is 13.0 Å². The lowest BCUT2D eigenvalue weighted by atomic mass is 10.3. The van der Waals surface area contributed by atoms with Crippen molar-refractivity contribution < 1.29 is 19.1 Å². The molecule has 96 valence electrons. The van der Waals surface area contributed by atoms with Gasteiger partial charge in [-0.25, -0.2) is 4.98 Å². The number of nitrogens with zero attached hydrogens (tertiary/aromatic N) is 1. The second kappa shape index (κ2) is 5.71. The number of ether oxygens (including phenoxy) is 1. The molecule has 0 aliphatic rings. The summed E-state index contributed by atoms with van der Waals surface area (Å²) in [6.45, 7) is 1.87. The summed E-state index contributed by atoms with van der Waals surface area (Å²) in [6, 6.07) is 0.956. The molecule has 0 bridgehead atoms. The number of Topliss-reactive ketones (excluding diaryl/α,β-unsaturated/α-hetero) is 1. The van der Waals surface area contributed by atoms with E-state index in [1.807, 2.05) is 0 Å². The van der Waals surface area contributed by atoms with Gasteiger partial charge in [0.15, 0.2) is 6.61 Å². The van der Waals surface area contributed by atoms with Crippen LogP contribution >= 0.6 is 0 Å². The zero-order valence-electron chi connectivity index (χ0n) is 9.77. The molecule has 8 heteroatoms.